The quantitative estimate of drug-likeness (QED) is 0.812. The molecule has 0 atom stereocenters. The lowest BCUT2D eigenvalue weighted by Gasteiger charge is -2.32. The van der Waals surface area contributed by atoms with Gasteiger partial charge in [0.05, 0.1) is 0 Å². The maximum absolute atomic E-state index is 12.5. The maximum atomic E-state index is 12.5. The molecule has 1 aliphatic heterocycles. The summed E-state index contributed by atoms with van der Waals surface area (Å²) in [4.78, 5) is 42.8. The Kier molecular flexibility index (Phi) is 5.58. The second-order valence-electron chi connectivity index (χ2n) is 6.05. The summed E-state index contributed by atoms with van der Waals surface area (Å²) in [7, 11) is 0. The first kappa shape index (κ1) is 17.6. The van der Waals surface area contributed by atoms with Crippen molar-refractivity contribution in [2.45, 2.75) is 6.54 Å². The zero-order valence-corrected chi connectivity index (χ0v) is 14.3. The molecule has 26 heavy (non-hydrogen) atoms. The van der Waals surface area contributed by atoms with Crippen LogP contribution in [-0.4, -0.2) is 59.2 Å². The van der Waals surface area contributed by atoms with Crippen LogP contribution in [0.25, 0.3) is 0 Å². The average Bonchev–Trinajstić information content (AvgIpc) is 2.72. The molecule has 0 unspecified atom stereocenters. The summed E-state index contributed by atoms with van der Waals surface area (Å²) >= 11 is 0. The van der Waals surface area contributed by atoms with Crippen LogP contribution >= 0.6 is 0 Å². The zero-order valence-electron chi connectivity index (χ0n) is 14.3. The molecular weight excluding hydrogens is 332 g/mol. The van der Waals surface area contributed by atoms with Gasteiger partial charge in [0.15, 0.2) is 0 Å². The van der Waals surface area contributed by atoms with Crippen LogP contribution in [0, 0.1) is 0 Å². The zero-order chi connectivity index (χ0) is 18.4. The van der Waals surface area contributed by atoms with Crippen LogP contribution in [0.1, 0.15) is 26.3 Å². The maximum Gasteiger partial charge on any atom is 0.253 e. The Labute approximate surface area is 151 Å². The van der Waals surface area contributed by atoms with E-state index in [1.807, 2.05) is 12.1 Å². The number of rotatable bonds is 5. The Morgan fingerprint density at radius 3 is 2.19 bits per heavy atom. The summed E-state index contributed by atoms with van der Waals surface area (Å²) in [6.07, 6.45) is 4.16. The van der Waals surface area contributed by atoms with Crippen LogP contribution in [0.3, 0.4) is 0 Å². The Hall–Kier alpha value is -3.22. The molecule has 0 bridgehead atoms. The van der Waals surface area contributed by atoms with Gasteiger partial charge in [0.25, 0.3) is 11.8 Å². The molecule has 1 N–H and O–H groups in total. The van der Waals surface area contributed by atoms with E-state index in [4.69, 9.17) is 0 Å². The molecule has 7 heteroatoms. The highest BCUT2D eigenvalue weighted by Crippen LogP contribution is 2.10. The number of pyridine rings is 1. The van der Waals surface area contributed by atoms with E-state index in [2.05, 4.69) is 10.3 Å². The largest absolute Gasteiger partial charge is 0.348 e. The highest BCUT2D eigenvalue weighted by molar-refractivity contribution is 5.97. The molecule has 134 valence electrons. The summed E-state index contributed by atoms with van der Waals surface area (Å²) in [5.74, 6) is -0.278. The Balaban J connectivity index is 1.56. The van der Waals surface area contributed by atoms with Gasteiger partial charge in [0.2, 0.25) is 6.41 Å². The van der Waals surface area contributed by atoms with E-state index in [1.165, 1.54) is 0 Å². The average molecular weight is 352 g/mol. The topological polar surface area (TPSA) is 82.6 Å². The summed E-state index contributed by atoms with van der Waals surface area (Å²) in [6.45, 7) is 2.55. The molecule has 3 rings (SSSR count). The molecule has 0 aliphatic carbocycles. The molecule has 1 aromatic carbocycles. The van der Waals surface area contributed by atoms with Crippen molar-refractivity contribution >= 4 is 18.2 Å². The van der Waals surface area contributed by atoms with Crippen molar-refractivity contribution in [2.24, 2.45) is 0 Å². The molecule has 2 aromatic rings. The van der Waals surface area contributed by atoms with E-state index in [0.29, 0.717) is 43.9 Å². The van der Waals surface area contributed by atoms with Crippen molar-refractivity contribution in [1.82, 2.24) is 20.1 Å². The van der Waals surface area contributed by atoms with Gasteiger partial charge < -0.3 is 15.1 Å². The van der Waals surface area contributed by atoms with Gasteiger partial charge >= 0.3 is 0 Å². The predicted octanol–water partition coefficient (Wildman–Crippen LogP) is 0.926. The third kappa shape index (κ3) is 4.24. The fourth-order valence-corrected chi connectivity index (χ4v) is 2.76. The minimum Gasteiger partial charge on any atom is -0.348 e. The normalized spacial score (nSPS) is 14.0. The van der Waals surface area contributed by atoms with Gasteiger partial charge in [0, 0.05) is 56.2 Å². The van der Waals surface area contributed by atoms with Crippen molar-refractivity contribution < 1.29 is 14.4 Å². The summed E-state index contributed by atoms with van der Waals surface area (Å²) in [5, 5.41) is 2.84. The van der Waals surface area contributed by atoms with E-state index in [9.17, 15) is 14.4 Å². The van der Waals surface area contributed by atoms with Crippen molar-refractivity contribution in [3.05, 3.63) is 65.5 Å². The molecule has 0 saturated carbocycles. The van der Waals surface area contributed by atoms with Gasteiger partial charge in [-0.25, -0.2) is 0 Å². The monoisotopic (exact) mass is 352 g/mol. The SMILES string of the molecule is O=CN1CCN(C(=O)c2ccc(C(=O)NCc3ccncc3)cc2)CC1. The second kappa shape index (κ2) is 8.24. The molecule has 7 nitrogen and oxygen atoms in total. The molecule has 1 saturated heterocycles. The second-order valence-corrected chi connectivity index (χ2v) is 6.05. The molecule has 2 heterocycles. The number of aromatic nitrogens is 1. The highest BCUT2D eigenvalue weighted by Gasteiger charge is 2.21. The fourth-order valence-electron chi connectivity index (χ4n) is 2.76. The third-order valence-electron chi connectivity index (χ3n) is 4.35. The van der Waals surface area contributed by atoms with Gasteiger partial charge in [-0.15, -0.1) is 0 Å². The van der Waals surface area contributed by atoms with Crippen LogP contribution in [0.15, 0.2) is 48.8 Å². The van der Waals surface area contributed by atoms with Gasteiger partial charge in [-0.3, -0.25) is 19.4 Å². The van der Waals surface area contributed by atoms with E-state index in [-0.39, 0.29) is 11.8 Å². The summed E-state index contributed by atoms with van der Waals surface area (Å²) < 4.78 is 0. The van der Waals surface area contributed by atoms with E-state index in [1.54, 1.807) is 46.5 Å². The van der Waals surface area contributed by atoms with Gasteiger partial charge in [-0.2, -0.15) is 0 Å². The Morgan fingerprint density at radius 2 is 1.58 bits per heavy atom. The molecular formula is C19H20N4O3. The van der Waals surface area contributed by atoms with Crippen LogP contribution in [-0.2, 0) is 11.3 Å². The number of hydrogen-bond acceptors (Lipinski definition) is 4. The number of nitrogens with one attached hydrogen (secondary N) is 1. The first-order valence-corrected chi connectivity index (χ1v) is 8.43. The Bertz CT molecular complexity index is 769. The molecule has 1 fully saturated rings. The number of hydrogen-bond donors (Lipinski definition) is 1. The number of amides is 3. The van der Waals surface area contributed by atoms with Crippen molar-refractivity contribution in [2.75, 3.05) is 26.2 Å². The number of carbonyl (C=O) groups is 3. The smallest absolute Gasteiger partial charge is 0.253 e. The van der Waals surface area contributed by atoms with E-state index in [0.717, 1.165) is 12.0 Å². The molecule has 0 spiro atoms. The first-order valence-electron chi connectivity index (χ1n) is 8.43. The third-order valence-corrected chi connectivity index (χ3v) is 4.35. The summed E-state index contributed by atoms with van der Waals surface area (Å²) in [6, 6.07) is 10.3. The summed E-state index contributed by atoms with van der Waals surface area (Å²) in [5.41, 5.74) is 2.01. The minimum absolute atomic E-state index is 0.0840. The molecule has 3 amide bonds. The lowest BCUT2D eigenvalue weighted by atomic mass is 10.1. The van der Waals surface area contributed by atoms with Crippen molar-refractivity contribution in [3.8, 4) is 0 Å². The Morgan fingerprint density at radius 1 is 0.962 bits per heavy atom. The lowest BCUT2D eigenvalue weighted by molar-refractivity contribution is -0.119. The lowest BCUT2D eigenvalue weighted by Crippen LogP contribution is -2.48. The first-order chi connectivity index (χ1) is 12.7. The van der Waals surface area contributed by atoms with Gasteiger partial charge in [-0.05, 0) is 42.0 Å². The number of carbonyl (C=O) groups excluding carboxylic acids is 3. The molecule has 1 aromatic heterocycles. The van der Waals surface area contributed by atoms with Crippen LogP contribution < -0.4 is 5.32 Å². The standard InChI is InChI=1S/C19H20N4O3/c24-14-22-9-11-23(12-10-22)19(26)17-3-1-16(2-4-17)18(25)21-13-15-5-7-20-8-6-15/h1-8,14H,9-13H2,(H,21,25). The fraction of sp³-hybridized carbons (Fsp3) is 0.263. The molecule has 0 radical (unpaired) electrons. The number of benzene rings is 1. The van der Waals surface area contributed by atoms with Crippen LogP contribution in [0.5, 0.6) is 0 Å². The highest BCUT2D eigenvalue weighted by atomic mass is 16.2. The van der Waals surface area contributed by atoms with Crippen molar-refractivity contribution in [3.63, 3.8) is 0 Å². The van der Waals surface area contributed by atoms with Gasteiger partial charge in [-0.1, -0.05) is 0 Å². The number of nitrogens with zero attached hydrogens (tertiary/aromatic N) is 3. The molecule has 1 aliphatic rings. The van der Waals surface area contributed by atoms with E-state index < -0.39 is 0 Å². The van der Waals surface area contributed by atoms with E-state index >= 15 is 0 Å². The predicted molar refractivity (Wildman–Crippen MR) is 95.4 cm³/mol. The van der Waals surface area contributed by atoms with Crippen LogP contribution in [0.4, 0.5) is 0 Å². The minimum atomic E-state index is -0.194. The van der Waals surface area contributed by atoms with Gasteiger partial charge in [0.1, 0.15) is 0 Å². The number of piperazine rings is 1. The van der Waals surface area contributed by atoms with Crippen molar-refractivity contribution in [1.29, 1.82) is 0 Å². The van der Waals surface area contributed by atoms with Crippen LogP contribution in [0.2, 0.25) is 0 Å².